The van der Waals surface area contributed by atoms with E-state index in [4.69, 9.17) is 47.4 Å². The minimum atomic E-state index is -1.16. The fraction of sp³-hybridized carbons (Fsp3) is 0.861. The molecule has 328 valence electrons. The Morgan fingerprint density at radius 3 is 1.20 bits per heavy atom. The standard InChI is InChI=1S/C36H68N4O16/c1-35(2,3)55-33(45)38-11-13-47-15-17-49-19-21-51-23-25-53-27-30(41)37-10-8-7-9-29(32(43)44)40-31(42)28-54-26-24-52-22-20-50-18-16-48-14-12-39-34(46)56-36(4,5)6/h29H,7-28H2,1-6H3,(H,37,41)(H,38,45)(H,39,46)(H,40,42)(H,43,44)/t29-/m0/s1. The summed E-state index contributed by atoms with van der Waals surface area (Å²) < 4.78 is 53.1. The number of rotatable bonds is 35. The Morgan fingerprint density at radius 2 is 0.821 bits per heavy atom. The summed E-state index contributed by atoms with van der Waals surface area (Å²) in [6.07, 6.45) is 0.172. The molecule has 1 atom stereocenters. The molecule has 0 aliphatic carbocycles. The van der Waals surface area contributed by atoms with Crippen molar-refractivity contribution in [3.05, 3.63) is 0 Å². The number of aliphatic carboxylic acids is 1. The van der Waals surface area contributed by atoms with Crippen LogP contribution in [0.1, 0.15) is 60.8 Å². The van der Waals surface area contributed by atoms with Crippen LogP contribution < -0.4 is 21.3 Å². The van der Waals surface area contributed by atoms with Gasteiger partial charge in [0.25, 0.3) is 0 Å². The third kappa shape index (κ3) is 38.9. The first-order chi connectivity index (χ1) is 26.6. The predicted molar refractivity (Wildman–Crippen MR) is 201 cm³/mol. The zero-order chi connectivity index (χ0) is 41.9. The molecule has 20 heteroatoms. The molecule has 0 aromatic rings. The quantitative estimate of drug-likeness (QED) is 0.0561. The number of carbonyl (C=O) groups excluding carboxylic acids is 4. The summed E-state index contributed by atoms with van der Waals surface area (Å²) in [7, 11) is 0. The van der Waals surface area contributed by atoms with E-state index in [9.17, 15) is 29.1 Å². The van der Waals surface area contributed by atoms with Crippen molar-refractivity contribution in [3.8, 4) is 0 Å². The first kappa shape index (κ1) is 52.6. The van der Waals surface area contributed by atoms with E-state index >= 15 is 0 Å². The van der Waals surface area contributed by atoms with Crippen molar-refractivity contribution in [1.82, 2.24) is 21.3 Å². The highest BCUT2D eigenvalue weighted by Crippen LogP contribution is 2.07. The molecule has 0 radical (unpaired) electrons. The van der Waals surface area contributed by atoms with Gasteiger partial charge in [0.15, 0.2) is 0 Å². The number of nitrogens with one attached hydrogen (secondary N) is 4. The summed E-state index contributed by atoms with van der Waals surface area (Å²) in [5.41, 5.74) is -1.10. The lowest BCUT2D eigenvalue weighted by Gasteiger charge is -2.19. The van der Waals surface area contributed by atoms with Crippen LogP contribution in [0.2, 0.25) is 0 Å². The van der Waals surface area contributed by atoms with Crippen molar-refractivity contribution >= 4 is 30.0 Å². The van der Waals surface area contributed by atoms with Gasteiger partial charge < -0.3 is 73.7 Å². The SMILES string of the molecule is CC(C)(C)OC(=O)NCCOCCOCCOCCOCC(=O)NCCCC[C@H](NC(=O)COCCOCCOCCOCCNC(=O)OC(C)(C)C)C(=O)O. The number of ether oxygens (including phenoxy) is 10. The van der Waals surface area contributed by atoms with Gasteiger partial charge in [0.2, 0.25) is 11.8 Å². The predicted octanol–water partition coefficient (Wildman–Crippen LogP) is 1.02. The van der Waals surface area contributed by atoms with Crippen LogP contribution >= 0.6 is 0 Å². The Labute approximate surface area is 330 Å². The Morgan fingerprint density at radius 1 is 0.464 bits per heavy atom. The Hall–Kier alpha value is -3.37. The number of hydrogen-bond donors (Lipinski definition) is 5. The molecule has 0 heterocycles. The number of carbonyl (C=O) groups is 5. The normalized spacial score (nSPS) is 12.1. The van der Waals surface area contributed by atoms with E-state index in [1.165, 1.54) is 0 Å². The van der Waals surface area contributed by atoms with E-state index in [0.717, 1.165) is 0 Å². The maximum Gasteiger partial charge on any atom is 0.407 e. The maximum atomic E-state index is 12.1. The van der Waals surface area contributed by atoms with Gasteiger partial charge in [-0.2, -0.15) is 0 Å². The van der Waals surface area contributed by atoms with Gasteiger partial charge in [-0.05, 0) is 60.8 Å². The summed E-state index contributed by atoms with van der Waals surface area (Å²) in [5.74, 6) is -2.03. The summed E-state index contributed by atoms with van der Waals surface area (Å²) in [5, 5.41) is 19.8. The molecule has 0 spiro atoms. The lowest BCUT2D eigenvalue weighted by atomic mass is 10.1. The molecule has 0 aromatic carbocycles. The third-order valence-corrected chi connectivity index (χ3v) is 6.40. The Bertz CT molecular complexity index is 1060. The van der Waals surface area contributed by atoms with Crippen molar-refractivity contribution in [2.24, 2.45) is 0 Å². The van der Waals surface area contributed by atoms with E-state index in [0.29, 0.717) is 105 Å². The molecule has 0 aliphatic rings. The minimum Gasteiger partial charge on any atom is -0.480 e. The van der Waals surface area contributed by atoms with Crippen molar-refractivity contribution in [2.75, 3.05) is 125 Å². The second-order valence-electron chi connectivity index (χ2n) is 13.9. The number of carboxylic acids is 1. The highest BCUT2D eigenvalue weighted by atomic mass is 16.6. The summed E-state index contributed by atoms with van der Waals surface area (Å²) in [6, 6.07) is -1.08. The molecule has 56 heavy (non-hydrogen) atoms. The third-order valence-electron chi connectivity index (χ3n) is 6.40. The molecule has 0 saturated heterocycles. The molecule has 0 bridgehead atoms. The molecule has 0 unspecified atom stereocenters. The van der Waals surface area contributed by atoms with Crippen molar-refractivity contribution in [1.29, 1.82) is 0 Å². The fourth-order valence-electron chi connectivity index (χ4n) is 3.97. The van der Waals surface area contributed by atoms with Crippen molar-refractivity contribution < 1.29 is 76.4 Å². The molecule has 20 nitrogen and oxygen atoms in total. The molecule has 5 N–H and O–H groups in total. The lowest BCUT2D eigenvalue weighted by molar-refractivity contribution is -0.142. The van der Waals surface area contributed by atoms with Gasteiger partial charge >= 0.3 is 18.2 Å². The first-order valence-corrected chi connectivity index (χ1v) is 18.9. The highest BCUT2D eigenvalue weighted by Gasteiger charge is 2.20. The van der Waals surface area contributed by atoms with Crippen LogP contribution in [0.4, 0.5) is 9.59 Å². The van der Waals surface area contributed by atoms with Gasteiger partial charge in [-0.25, -0.2) is 14.4 Å². The van der Waals surface area contributed by atoms with Crippen molar-refractivity contribution in [2.45, 2.75) is 78.0 Å². The fourth-order valence-corrected chi connectivity index (χ4v) is 3.97. The number of amides is 4. The average Bonchev–Trinajstić information content (AvgIpc) is 3.09. The number of hydrogen-bond acceptors (Lipinski definition) is 15. The van der Waals surface area contributed by atoms with E-state index in [1.54, 1.807) is 41.5 Å². The van der Waals surface area contributed by atoms with Gasteiger partial charge in [-0.3, -0.25) is 9.59 Å². The summed E-state index contributed by atoms with van der Waals surface area (Å²) >= 11 is 0. The van der Waals surface area contributed by atoms with E-state index in [1.807, 2.05) is 0 Å². The average molecular weight is 813 g/mol. The topological polar surface area (TPSA) is 246 Å². The maximum absolute atomic E-state index is 12.1. The number of carboxylic acid groups (broad SMARTS) is 1. The largest absolute Gasteiger partial charge is 0.480 e. The monoisotopic (exact) mass is 812 g/mol. The van der Waals surface area contributed by atoms with Crippen LogP contribution in [0.25, 0.3) is 0 Å². The molecule has 0 fully saturated rings. The Kier molecular flexibility index (Phi) is 31.7. The first-order valence-electron chi connectivity index (χ1n) is 18.9. The molecular weight excluding hydrogens is 744 g/mol. The van der Waals surface area contributed by atoms with E-state index in [-0.39, 0.29) is 45.4 Å². The molecule has 0 aromatic heterocycles. The van der Waals surface area contributed by atoms with Crippen LogP contribution in [0.5, 0.6) is 0 Å². The van der Waals surface area contributed by atoms with E-state index in [2.05, 4.69) is 21.3 Å². The molecule has 0 aliphatic heterocycles. The van der Waals surface area contributed by atoms with Crippen molar-refractivity contribution in [3.63, 3.8) is 0 Å². The Balaban J connectivity index is 3.61. The zero-order valence-electron chi connectivity index (χ0n) is 34.2. The van der Waals surface area contributed by atoms with Crippen LogP contribution in [-0.2, 0) is 61.8 Å². The van der Waals surface area contributed by atoms with E-state index < -0.39 is 41.3 Å². The lowest BCUT2D eigenvalue weighted by Crippen LogP contribution is -2.42. The summed E-state index contributed by atoms with van der Waals surface area (Å²) in [4.78, 5) is 58.7. The highest BCUT2D eigenvalue weighted by molar-refractivity contribution is 5.84. The molecular formula is C36H68N4O16. The molecule has 4 amide bonds. The van der Waals surface area contributed by atoms with Crippen LogP contribution in [0.3, 0.4) is 0 Å². The van der Waals surface area contributed by atoms with Crippen LogP contribution in [0.15, 0.2) is 0 Å². The number of alkyl carbamates (subject to hydrolysis) is 2. The molecule has 0 saturated carbocycles. The second-order valence-corrected chi connectivity index (χ2v) is 13.9. The smallest absolute Gasteiger partial charge is 0.407 e. The van der Waals surface area contributed by atoms with Crippen LogP contribution in [0, 0.1) is 0 Å². The van der Waals surface area contributed by atoms with Gasteiger partial charge in [0.1, 0.15) is 30.5 Å². The van der Waals surface area contributed by atoms with Gasteiger partial charge in [-0.1, -0.05) is 0 Å². The van der Waals surface area contributed by atoms with Crippen LogP contribution in [-0.4, -0.2) is 178 Å². The second kappa shape index (κ2) is 33.7. The molecule has 0 rings (SSSR count). The summed E-state index contributed by atoms with van der Waals surface area (Å²) in [6.45, 7) is 15.7. The number of unbranched alkanes of at least 4 members (excludes halogenated alkanes) is 1. The zero-order valence-corrected chi connectivity index (χ0v) is 34.2. The van der Waals surface area contributed by atoms with Gasteiger partial charge in [0, 0.05) is 19.6 Å². The van der Waals surface area contributed by atoms with Gasteiger partial charge in [0.05, 0.1) is 92.5 Å². The van der Waals surface area contributed by atoms with Gasteiger partial charge in [-0.15, -0.1) is 0 Å². The minimum absolute atomic E-state index is 0.138.